The summed E-state index contributed by atoms with van der Waals surface area (Å²) in [6, 6.07) is 0. The Morgan fingerprint density at radius 1 is 1.35 bits per heavy atom. The first-order chi connectivity index (χ1) is 9.59. The molecule has 2 bridgehead atoms. The number of hydrogen-bond donors (Lipinski definition) is 0. The Kier molecular flexibility index (Phi) is 2.75. The fraction of sp³-hybridized carbons (Fsp3) is 0.538. The zero-order valence-electron chi connectivity index (χ0n) is 11.2. The number of fused-ring (bicyclic) bond motifs is 1. The third kappa shape index (κ3) is 1.33. The van der Waals surface area contributed by atoms with Gasteiger partial charge in [-0.15, -0.1) is 0 Å². The van der Waals surface area contributed by atoms with E-state index in [-0.39, 0.29) is 5.57 Å². The van der Waals surface area contributed by atoms with Gasteiger partial charge in [0.25, 0.3) is 0 Å². The average molecular weight is 282 g/mol. The molecule has 3 heterocycles. The van der Waals surface area contributed by atoms with Crippen LogP contribution in [0, 0.1) is 5.92 Å². The molecule has 0 amide bonds. The zero-order valence-corrected chi connectivity index (χ0v) is 11.2. The van der Waals surface area contributed by atoms with Gasteiger partial charge in [0, 0.05) is 7.11 Å². The molecule has 4 aliphatic rings. The Morgan fingerprint density at radius 3 is 2.70 bits per heavy atom. The van der Waals surface area contributed by atoms with E-state index in [2.05, 4.69) is 0 Å². The monoisotopic (exact) mass is 282 g/mol. The highest BCUT2D eigenvalue weighted by atomic mass is 16.6. The van der Waals surface area contributed by atoms with E-state index in [0.29, 0.717) is 5.76 Å². The van der Waals surface area contributed by atoms with Crippen molar-refractivity contribution in [3.8, 4) is 0 Å². The van der Waals surface area contributed by atoms with Crippen LogP contribution >= 0.6 is 0 Å². The quantitative estimate of drug-likeness (QED) is 0.669. The largest absolute Gasteiger partial charge is 0.495 e. The number of rotatable bonds is 3. The van der Waals surface area contributed by atoms with Crippen LogP contribution < -0.4 is 0 Å². The van der Waals surface area contributed by atoms with E-state index < -0.39 is 35.7 Å². The summed E-state index contributed by atoms with van der Waals surface area (Å²) in [7, 11) is 4.20. The Labute approximate surface area is 115 Å². The normalized spacial score (nSPS) is 37.4. The highest BCUT2D eigenvalue weighted by molar-refractivity contribution is 5.95. The van der Waals surface area contributed by atoms with Crippen LogP contribution in [0.2, 0.25) is 0 Å². The van der Waals surface area contributed by atoms with Crippen molar-refractivity contribution in [3.63, 3.8) is 0 Å². The lowest BCUT2D eigenvalue weighted by molar-refractivity contribution is -0.209. The van der Waals surface area contributed by atoms with Crippen LogP contribution in [0.3, 0.4) is 0 Å². The summed E-state index contributed by atoms with van der Waals surface area (Å²) in [5, 5.41) is 0. The topological polar surface area (TPSA) is 80.3 Å². The number of carbonyl (C=O) groups excluding carboxylic acids is 2. The molecule has 108 valence electrons. The molecule has 7 nitrogen and oxygen atoms in total. The van der Waals surface area contributed by atoms with Crippen molar-refractivity contribution in [3.05, 3.63) is 23.7 Å². The number of ether oxygens (including phenoxy) is 5. The Balaban J connectivity index is 2.11. The summed E-state index contributed by atoms with van der Waals surface area (Å²) in [5.74, 6) is -1.44. The van der Waals surface area contributed by atoms with Gasteiger partial charge < -0.3 is 23.7 Å². The first kappa shape index (κ1) is 13.0. The maximum absolute atomic E-state index is 12.0. The van der Waals surface area contributed by atoms with Crippen LogP contribution in [0.5, 0.6) is 0 Å². The fourth-order valence-corrected chi connectivity index (χ4v) is 3.08. The van der Waals surface area contributed by atoms with Gasteiger partial charge in [-0.25, -0.2) is 4.79 Å². The van der Waals surface area contributed by atoms with Gasteiger partial charge in [0.2, 0.25) is 0 Å². The standard InChI is InChI=1S/C13H14O7/c1-16-8-5-19-10-9-6(11(14)17-2)4-7(12(15)20-9)13(8,10)18-3/h4-5,7,9-10H,1-3H3/t7-,9-,10-,13+/m1/s1. The Hall–Kier alpha value is -2.02. The van der Waals surface area contributed by atoms with Crippen molar-refractivity contribution in [1.82, 2.24) is 0 Å². The molecule has 0 saturated carbocycles. The van der Waals surface area contributed by atoms with E-state index in [1.165, 1.54) is 33.7 Å². The minimum absolute atomic E-state index is 0.264. The first-order valence-electron chi connectivity index (χ1n) is 6.06. The molecule has 20 heavy (non-hydrogen) atoms. The van der Waals surface area contributed by atoms with Crippen molar-refractivity contribution >= 4 is 11.9 Å². The summed E-state index contributed by atoms with van der Waals surface area (Å²) in [5.41, 5.74) is -0.827. The van der Waals surface area contributed by atoms with E-state index in [1.54, 1.807) is 0 Å². The predicted molar refractivity (Wildman–Crippen MR) is 63.2 cm³/mol. The molecule has 0 aromatic heterocycles. The molecule has 3 aliphatic heterocycles. The summed E-state index contributed by atoms with van der Waals surface area (Å²) in [6.45, 7) is 0. The molecular formula is C13H14O7. The maximum atomic E-state index is 12.0. The van der Waals surface area contributed by atoms with Gasteiger partial charge in [0.05, 0.1) is 19.8 Å². The molecule has 0 aromatic carbocycles. The highest BCUT2D eigenvalue weighted by Gasteiger charge is 2.68. The van der Waals surface area contributed by atoms with Crippen molar-refractivity contribution in [2.75, 3.05) is 21.3 Å². The highest BCUT2D eigenvalue weighted by Crippen LogP contribution is 2.51. The third-order valence-electron chi connectivity index (χ3n) is 4.00. The smallest absolute Gasteiger partial charge is 0.337 e. The van der Waals surface area contributed by atoms with Crippen molar-refractivity contribution in [2.45, 2.75) is 17.8 Å². The van der Waals surface area contributed by atoms with Gasteiger partial charge in [-0.1, -0.05) is 6.08 Å². The van der Waals surface area contributed by atoms with E-state index in [9.17, 15) is 9.59 Å². The lowest BCUT2D eigenvalue weighted by Gasteiger charge is -2.48. The fourth-order valence-electron chi connectivity index (χ4n) is 3.08. The molecule has 7 heteroatoms. The zero-order chi connectivity index (χ0) is 14.5. The number of esters is 2. The number of hydrogen-bond acceptors (Lipinski definition) is 7. The van der Waals surface area contributed by atoms with Gasteiger partial charge in [0.1, 0.15) is 12.2 Å². The van der Waals surface area contributed by atoms with Crippen LogP contribution in [-0.2, 0) is 33.3 Å². The van der Waals surface area contributed by atoms with Gasteiger partial charge in [-0.05, 0) is 0 Å². The van der Waals surface area contributed by atoms with Crippen LogP contribution in [-0.4, -0.2) is 51.1 Å². The summed E-state index contributed by atoms with van der Waals surface area (Å²) >= 11 is 0. The minimum atomic E-state index is -1.09. The molecule has 1 fully saturated rings. The van der Waals surface area contributed by atoms with Crippen LogP contribution in [0.4, 0.5) is 0 Å². The molecule has 4 rings (SSSR count). The van der Waals surface area contributed by atoms with Gasteiger partial charge in [0.15, 0.2) is 23.6 Å². The molecule has 1 saturated heterocycles. The second kappa shape index (κ2) is 4.24. The van der Waals surface area contributed by atoms with Crippen LogP contribution in [0.1, 0.15) is 0 Å². The van der Waals surface area contributed by atoms with Gasteiger partial charge >= 0.3 is 11.9 Å². The van der Waals surface area contributed by atoms with E-state index in [4.69, 9.17) is 23.7 Å². The van der Waals surface area contributed by atoms with Crippen LogP contribution in [0.25, 0.3) is 0 Å². The summed E-state index contributed by atoms with van der Waals surface area (Å²) < 4.78 is 26.3. The van der Waals surface area contributed by atoms with Crippen molar-refractivity contribution in [2.24, 2.45) is 5.92 Å². The van der Waals surface area contributed by atoms with E-state index in [0.717, 1.165) is 0 Å². The Bertz CT molecular complexity index is 535. The van der Waals surface area contributed by atoms with Gasteiger partial charge in [-0.2, -0.15) is 0 Å². The molecule has 0 unspecified atom stereocenters. The van der Waals surface area contributed by atoms with E-state index in [1.807, 2.05) is 0 Å². The second-order valence-electron chi connectivity index (χ2n) is 4.69. The minimum Gasteiger partial charge on any atom is -0.495 e. The third-order valence-corrected chi connectivity index (χ3v) is 4.00. The summed E-state index contributed by atoms with van der Waals surface area (Å²) in [4.78, 5) is 23.8. The van der Waals surface area contributed by atoms with Gasteiger partial charge in [-0.3, -0.25) is 4.79 Å². The van der Waals surface area contributed by atoms with E-state index >= 15 is 0 Å². The number of methoxy groups -OCH3 is 3. The number of carbonyl (C=O) groups is 2. The molecule has 4 atom stereocenters. The molecule has 0 N–H and O–H groups in total. The molecule has 0 aromatic rings. The molecular weight excluding hydrogens is 268 g/mol. The van der Waals surface area contributed by atoms with Crippen LogP contribution in [0.15, 0.2) is 23.7 Å². The lowest BCUT2D eigenvalue weighted by atomic mass is 9.70. The SMILES string of the molecule is COC(=O)C1=C[C@@H]2C(=O)O[C@H]1[C@H]1OC=C(OC)[C@@]21OC. The van der Waals surface area contributed by atoms with Crippen molar-refractivity contribution in [1.29, 1.82) is 0 Å². The second-order valence-corrected chi connectivity index (χ2v) is 4.69. The lowest BCUT2D eigenvalue weighted by Crippen LogP contribution is -2.65. The Morgan fingerprint density at radius 2 is 2.10 bits per heavy atom. The summed E-state index contributed by atoms with van der Waals surface area (Å²) in [6.07, 6.45) is 1.38. The maximum Gasteiger partial charge on any atom is 0.337 e. The van der Waals surface area contributed by atoms with Crippen molar-refractivity contribution < 1.29 is 33.3 Å². The molecule has 0 spiro atoms. The average Bonchev–Trinajstić information content (AvgIpc) is 2.87. The molecule has 0 radical (unpaired) electrons. The molecule has 1 aliphatic carbocycles. The predicted octanol–water partition coefficient (Wildman–Crippen LogP) is -0.0872. The first-order valence-corrected chi connectivity index (χ1v) is 6.06.